The maximum Gasteiger partial charge on any atom is 0.230 e. The summed E-state index contributed by atoms with van der Waals surface area (Å²) in [5.74, 6) is 1.36. The Labute approximate surface area is 163 Å². The van der Waals surface area contributed by atoms with E-state index in [1.165, 1.54) is 0 Å². The van der Waals surface area contributed by atoms with E-state index in [4.69, 9.17) is 0 Å². The Morgan fingerprint density at radius 3 is 2.73 bits per heavy atom. The van der Waals surface area contributed by atoms with Gasteiger partial charge in [-0.3, -0.25) is 4.79 Å². The summed E-state index contributed by atoms with van der Waals surface area (Å²) in [6.07, 6.45) is 8.21. The van der Waals surface area contributed by atoms with Crippen molar-refractivity contribution in [3.8, 4) is 0 Å². The SMILES string of the molecule is Cc1cc(Br)cnc1N1CCC[C@]2(CCN([C@H]3CC[C@@H](O)CC3)C2=O)C1. The summed E-state index contributed by atoms with van der Waals surface area (Å²) in [7, 11) is 0. The number of aromatic nitrogens is 1. The number of pyridine rings is 1. The minimum atomic E-state index is -0.241. The van der Waals surface area contributed by atoms with Crippen molar-refractivity contribution in [1.82, 2.24) is 9.88 Å². The van der Waals surface area contributed by atoms with Gasteiger partial charge in [0.15, 0.2) is 0 Å². The second-order valence-corrected chi connectivity index (χ2v) is 9.23. The van der Waals surface area contributed by atoms with E-state index in [9.17, 15) is 9.90 Å². The fraction of sp³-hybridized carbons (Fsp3) is 0.700. The average molecular weight is 422 g/mol. The van der Waals surface area contributed by atoms with E-state index in [0.29, 0.717) is 11.9 Å². The monoisotopic (exact) mass is 421 g/mol. The fourth-order valence-corrected chi connectivity index (χ4v) is 5.57. The van der Waals surface area contributed by atoms with Crippen LogP contribution >= 0.6 is 15.9 Å². The van der Waals surface area contributed by atoms with E-state index in [1.54, 1.807) is 0 Å². The third-order valence-corrected chi connectivity index (χ3v) is 6.98. The van der Waals surface area contributed by atoms with Gasteiger partial charge in [-0.05, 0) is 79.4 Å². The van der Waals surface area contributed by atoms with Crippen molar-refractivity contribution in [2.45, 2.75) is 64.0 Å². The smallest absolute Gasteiger partial charge is 0.230 e. The van der Waals surface area contributed by atoms with Gasteiger partial charge in [0.1, 0.15) is 5.82 Å². The van der Waals surface area contributed by atoms with Crippen LogP contribution in [-0.2, 0) is 4.79 Å². The fourth-order valence-electron chi connectivity index (χ4n) is 5.12. The van der Waals surface area contributed by atoms with Gasteiger partial charge in [0, 0.05) is 36.3 Å². The van der Waals surface area contributed by atoms with Crippen LogP contribution < -0.4 is 4.90 Å². The summed E-state index contributed by atoms with van der Waals surface area (Å²) < 4.78 is 0.994. The van der Waals surface area contributed by atoms with Crippen molar-refractivity contribution in [3.63, 3.8) is 0 Å². The average Bonchev–Trinajstić information content (AvgIpc) is 2.92. The summed E-state index contributed by atoms with van der Waals surface area (Å²) in [5, 5.41) is 9.76. The first kappa shape index (κ1) is 18.2. The molecule has 1 aromatic rings. The molecule has 5 nitrogen and oxygen atoms in total. The van der Waals surface area contributed by atoms with Crippen LogP contribution in [0.3, 0.4) is 0 Å². The second-order valence-electron chi connectivity index (χ2n) is 8.31. The molecule has 0 unspecified atom stereocenters. The first-order valence-electron chi connectivity index (χ1n) is 9.85. The van der Waals surface area contributed by atoms with E-state index in [1.807, 2.05) is 6.20 Å². The number of carbonyl (C=O) groups is 1. The number of halogens is 1. The normalized spacial score (nSPS) is 32.5. The lowest BCUT2D eigenvalue weighted by Gasteiger charge is -2.41. The number of aliphatic hydroxyl groups is 1. The Hall–Kier alpha value is -1.14. The number of carbonyl (C=O) groups excluding carboxylic acids is 1. The largest absolute Gasteiger partial charge is 0.393 e. The predicted molar refractivity (Wildman–Crippen MR) is 105 cm³/mol. The maximum atomic E-state index is 13.4. The zero-order chi connectivity index (χ0) is 18.3. The summed E-state index contributed by atoms with van der Waals surface area (Å²) in [6.45, 7) is 4.72. The van der Waals surface area contributed by atoms with Crippen LogP contribution in [0.25, 0.3) is 0 Å². The van der Waals surface area contributed by atoms with Gasteiger partial charge in [-0.15, -0.1) is 0 Å². The summed E-state index contributed by atoms with van der Waals surface area (Å²) in [4.78, 5) is 22.5. The Balaban J connectivity index is 1.50. The number of nitrogens with zero attached hydrogens (tertiary/aromatic N) is 3. The lowest BCUT2D eigenvalue weighted by Crippen LogP contribution is -2.50. The predicted octanol–water partition coefficient (Wildman–Crippen LogP) is 3.27. The van der Waals surface area contributed by atoms with E-state index in [0.717, 1.165) is 80.4 Å². The highest BCUT2D eigenvalue weighted by Crippen LogP contribution is 2.43. The first-order valence-corrected chi connectivity index (χ1v) is 10.6. The first-order chi connectivity index (χ1) is 12.5. The molecule has 0 aromatic carbocycles. The molecule has 0 radical (unpaired) electrons. The quantitative estimate of drug-likeness (QED) is 0.795. The summed E-state index contributed by atoms with van der Waals surface area (Å²) in [6, 6.07) is 2.42. The third kappa shape index (κ3) is 3.26. The Morgan fingerprint density at radius 2 is 2.00 bits per heavy atom. The van der Waals surface area contributed by atoms with E-state index >= 15 is 0 Å². The number of hydrogen-bond donors (Lipinski definition) is 1. The van der Waals surface area contributed by atoms with Crippen LogP contribution in [-0.4, -0.2) is 52.7 Å². The number of amides is 1. The van der Waals surface area contributed by atoms with Gasteiger partial charge in [0.2, 0.25) is 5.91 Å². The molecule has 1 aromatic heterocycles. The molecule has 6 heteroatoms. The van der Waals surface area contributed by atoms with E-state index < -0.39 is 0 Å². The van der Waals surface area contributed by atoms with Crippen LogP contribution in [0.1, 0.15) is 50.5 Å². The van der Waals surface area contributed by atoms with Crippen molar-refractivity contribution >= 4 is 27.7 Å². The van der Waals surface area contributed by atoms with Gasteiger partial charge in [-0.2, -0.15) is 0 Å². The van der Waals surface area contributed by atoms with Gasteiger partial charge in [0.25, 0.3) is 0 Å². The van der Waals surface area contributed by atoms with Crippen LogP contribution in [0.4, 0.5) is 5.82 Å². The topological polar surface area (TPSA) is 56.7 Å². The second kappa shape index (κ2) is 7.12. The number of aryl methyl sites for hydroxylation is 1. The van der Waals surface area contributed by atoms with Crippen LogP contribution in [0.15, 0.2) is 16.7 Å². The molecule has 26 heavy (non-hydrogen) atoms. The lowest BCUT2D eigenvalue weighted by molar-refractivity contribution is -0.139. The molecule has 1 amide bonds. The van der Waals surface area contributed by atoms with Crippen LogP contribution in [0, 0.1) is 12.3 Å². The van der Waals surface area contributed by atoms with Crippen molar-refractivity contribution in [2.24, 2.45) is 5.41 Å². The zero-order valence-electron chi connectivity index (χ0n) is 15.5. The minimum Gasteiger partial charge on any atom is -0.393 e. The van der Waals surface area contributed by atoms with E-state index in [-0.39, 0.29) is 11.5 Å². The zero-order valence-corrected chi connectivity index (χ0v) is 17.0. The molecule has 1 aliphatic carbocycles. The Bertz CT molecular complexity index is 690. The standard InChI is InChI=1S/C20H28BrN3O2/c1-14-11-15(21)12-22-18(14)23-9-2-7-20(13-23)8-10-24(19(20)26)16-3-5-17(25)6-4-16/h11-12,16-17,25H,2-10,13H2,1H3/t16-,17+,20-/m0/s1. The molecule has 1 N–H and O–H groups in total. The number of rotatable bonds is 2. The molecule has 3 heterocycles. The molecule has 3 fully saturated rings. The molecular weight excluding hydrogens is 394 g/mol. The molecule has 2 aliphatic heterocycles. The molecule has 3 aliphatic rings. The molecule has 1 atom stereocenters. The van der Waals surface area contributed by atoms with Gasteiger partial charge in [0.05, 0.1) is 11.5 Å². The number of anilines is 1. The van der Waals surface area contributed by atoms with Crippen molar-refractivity contribution < 1.29 is 9.90 Å². The number of aliphatic hydroxyl groups excluding tert-OH is 1. The summed E-state index contributed by atoms with van der Waals surface area (Å²) >= 11 is 3.49. The van der Waals surface area contributed by atoms with Gasteiger partial charge < -0.3 is 14.9 Å². The van der Waals surface area contributed by atoms with Crippen molar-refractivity contribution in [3.05, 3.63) is 22.3 Å². The Kier molecular flexibility index (Phi) is 4.99. The van der Waals surface area contributed by atoms with Gasteiger partial charge in [-0.25, -0.2) is 4.98 Å². The van der Waals surface area contributed by atoms with Gasteiger partial charge >= 0.3 is 0 Å². The highest BCUT2D eigenvalue weighted by Gasteiger charge is 2.50. The number of likely N-dealkylation sites (tertiary alicyclic amines) is 1. The molecule has 1 spiro atoms. The molecule has 1 saturated carbocycles. The van der Waals surface area contributed by atoms with E-state index in [2.05, 4.69) is 43.7 Å². The molecule has 0 bridgehead atoms. The minimum absolute atomic E-state index is 0.172. The Morgan fingerprint density at radius 1 is 1.23 bits per heavy atom. The molecular formula is C20H28BrN3O2. The van der Waals surface area contributed by atoms with Crippen molar-refractivity contribution in [2.75, 3.05) is 24.5 Å². The van der Waals surface area contributed by atoms with Crippen LogP contribution in [0.2, 0.25) is 0 Å². The summed E-state index contributed by atoms with van der Waals surface area (Å²) in [5.41, 5.74) is 0.912. The molecule has 142 valence electrons. The maximum absolute atomic E-state index is 13.4. The molecule has 2 saturated heterocycles. The highest BCUT2D eigenvalue weighted by molar-refractivity contribution is 9.10. The lowest BCUT2D eigenvalue weighted by atomic mass is 9.78. The van der Waals surface area contributed by atoms with Crippen LogP contribution in [0.5, 0.6) is 0 Å². The molecule has 4 rings (SSSR count). The van der Waals surface area contributed by atoms with Crippen molar-refractivity contribution in [1.29, 1.82) is 0 Å². The third-order valence-electron chi connectivity index (χ3n) is 6.55. The van der Waals surface area contributed by atoms with Gasteiger partial charge in [-0.1, -0.05) is 0 Å². The number of hydrogen-bond acceptors (Lipinski definition) is 4. The number of piperidine rings is 1. The highest BCUT2D eigenvalue weighted by atomic mass is 79.9.